The monoisotopic (exact) mass is 430 g/mol. The molecule has 8 nitrogen and oxygen atoms in total. The van der Waals surface area contributed by atoms with Gasteiger partial charge in [0.2, 0.25) is 11.8 Å². The summed E-state index contributed by atoms with van der Waals surface area (Å²) >= 11 is 0. The van der Waals surface area contributed by atoms with Gasteiger partial charge in [-0.1, -0.05) is 13.3 Å². The number of amides is 2. The lowest BCUT2D eigenvalue weighted by Crippen LogP contribution is -2.67. The first-order chi connectivity index (χ1) is 14.9. The molecule has 3 aliphatic rings. The summed E-state index contributed by atoms with van der Waals surface area (Å²) < 4.78 is 16.8. The van der Waals surface area contributed by atoms with Crippen molar-refractivity contribution in [1.82, 2.24) is 9.80 Å². The maximum Gasteiger partial charge on any atom is 0.312 e. The number of methoxy groups -OCH3 is 1. The molecule has 2 saturated heterocycles. The van der Waals surface area contributed by atoms with Gasteiger partial charge < -0.3 is 24.0 Å². The topological polar surface area (TPSA) is 85.4 Å². The fraction of sp³-hybridized carbons (Fsp3) is 0.609. The van der Waals surface area contributed by atoms with Crippen LogP contribution in [0.1, 0.15) is 45.2 Å². The first kappa shape index (κ1) is 21.5. The van der Waals surface area contributed by atoms with Gasteiger partial charge in [-0.3, -0.25) is 14.4 Å². The third-order valence-electron chi connectivity index (χ3n) is 6.82. The predicted octanol–water partition coefficient (Wildman–Crippen LogP) is 2.17. The maximum absolute atomic E-state index is 13.7. The average molecular weight is 431 g/mol. The molecule has 0 spiro atoms. The number of ether oxygens (including phenoxy) is 3. The van der Waals surface area contributed by atoms with Crippen molar-refractivity contribution in [3.8, 4) is 11.5 Å². The summed E-state index contributed by atoms with van der Waals surface area (Å²) in [5, 5.41) is 0. The number of nitrogens with zero attached hydrogens (tertiary/aromatic N) is 2. The highest BCUT2D eigenvalue weighted by Crippen LogP contribution is 2.57. The highest BCUT2D eigenvalue weighted by atomic mass is 16.5. The molecule has 4 atom stereocenters. The Morgan fingerprint density at radius 2 is 2.06 bits per heavy atom. The van der Waals surface area contributed by atoms with Gasteiger partial charge in [0.15, 0.2) is 0 Å². The number of rotatable bonds is 6. The molecule has 0 aliphatic carbocycles. The second-order valence-corrected chi connectivity index (χ2v) is 8.54. The molecular weight excluding hydrogens is 400 g/mol. The normalized spacial score (nSPS) is 29.1. The van der Waals surface area contributed by atoms with Crippen molar-refractivity contribution in [3.63, 3.8) is 0 Å². The summed E-state index contributed by atoms with van der Waals surface area (Å²) in [6.45, 7) is 6.44. The molecule has 0 unspecified atom stereocenters. The quantitative estimate of drug-likeness (QED) is 0.643. The van der Waals surface area contributed by atoms with Crippen molar-refractivity contribution in [2.24, 2.45) is 11.8 Å². The van der Waals surface area contributed by atoms with E-state index >= 15 is 0 Å². The molecule has 0 aromatic heterocycles. The van der Waals surface area contributed by atoms with Crippen molar-refractivity contribution in [2.45, 2.75) is 45.2 Å². The van der Waals surface area contributed by atoms with Crippen LogP contribution in [0.15, 0.2) is 18.2 Å². The maximum atomic E-state index is 13.7. The van der Waals surface area contributed by atoms with Crippen molar-refractivity contribution in [1.29, 1.82) is 0 Å². The van der Waals surface area contributed by atoms with Gasteiger partial charge in [0, 0.05) is 18.0 Å². The zero-order chi connectivity index (χ0) is 22.3. The van der Waals surface area contributed by atoms with Crippen LogP contribution in [0.25, 0.3) is 0 Å². The van der Waals surface area contributed by atoms with E-state index in [1.807, 2.05) is 19.1 Å². The molecule has 3 heterocycles. The second-order valence-electron chi connectivity index (χ2n) is 8.54. The first-order valence-corrected chi connectivity index (χ1v) is 11.0. The zero-order valence-electron chi connectivity index (χ0n) is 18.6. The van der Waals surface area contributed by atoms with E-state index in [1.165, 1.54) is 0 Å². The van der Waals surface area contributed by atoms with E-state index < -0.39 is 23.5 Å². The van der Waals surface area contributed by atoms with E-state index in [0.717, 1.165) is 18.4 Å². The highest BCUT2D eigenvalue weighted by molar-refractivity contribution is 6.02. The minimum atomic E-state index is -1.32. The number of hydrogen-bond donors (Lipinski definition) is 0. The lowest BCUT2D eigenvalue weighted by atomic mass is 9.77. The van der Waals surface area contributed by atoms with Gasteiger partial charge in [-0.15, -0.1) is 0 Å². The number of piperazine rings is 1. The summed E-state index contributed by atoms with van der Waals surface area (Å²) in [6.07, 6.45) is 1.71. The lowest BCUT2D eigenvalue weighted by molar-refractivity contribution is -0.170. The Kier molecular flexibility index (Phi) is 5.58. The fourth-order valence-electron chi connectivity index (χ4n) is 5.44. The Morgan fingerprint density at radius 1 is 1.29 bits per heavy atom. The molecule has 2 amide bonds. The van der Waals surface area contributed by atoms with E-state index in [1.54, 1.807) is 36.8 Å². The van der Waals surface area contributed by atoms with E-state index in [4.69, 9.17) is 14.2 Å². The van der Waals surface area contributed by atoms with Crippen molar-refractivity contribution < 1.29 is 28.6 Å². The molecule has 0 saturated carbocycles. The zero-order valence-corrected chi connectivity index (χ0v) is 18.6. The van der Waals surface area contributed by atoms with Crippen molar-refractivity contribution in [2.75, 3.05) is 33.4 Å². The average Bonchev–Trinajstić information content (AvgIpc) is 3.05. The molecule has 2 fully saturated rings. The van der Waals surface area contributed by atoms with E-state index in [9.17, 15) is 14.4 Å². The summed E-state index contributed by atoms with van der Waals surface area (Å²) in [5.74, 6) is -0.739. The van der Waals surface area contributed by atoms with Gasteiger partial charge in [-0.2, -0.15) is 0 Å². The summed E-state index contributed by atoms with van der Waals surface area (Å²) in [7, 11) is 1.57. The van der Waals surface area contributed by atoms with Gasteiger partial charge in [0.25, 0.3) is 0 Å². The van der Waals surface area contributed by atoms with Gasteiger partial charge in [-0.25, -0.2) is 0 Å². The lowest BCUT2D eigenvalue weighted by Gasteiger charge is -2.47. The molecule has 0 N–H and O–H groups in total. The Hall–Kier alpha value is -2.77. The molecular formula is C23H30N2O6. The SMILES string of the molecule is CCCCN1CC(=O)N2[C@H]3c4cc(OC)ccc4OC[C@@H]3[C@H](C(=O)OCC)[C@]2(C)C1=O. The number of hydrogen-bond acceptors (Lipinski definition) is 6. The third-order valence-corrected chi connectivity index (χ3v) is 6.82. The van der Waals surface area contributed by atoms with E-state index in [-0.39, 0.29) is 37.5 Å². The van der Waals surface area contributed by atoms with Crippen LogP contribution in [0, 0.1) is 11.8 Å². The van der Waals surface area contributed by atoms with E-state index in [2.05, 4.69) is 0 Å². The molecule has 1 aromatic carbocycles. The molecule has 0 bridgehead atoms. The molecule has 168 valence electrons. The fourth-order valence-corrected chi connectivity index (χ4v) is 5.44. The van der Waals surface area contributed by atoms with Crippen LogP contribution in [0.5, 0.6) is 11.5 Å². The molecule has 1 aromatic rings. The Balaban J connectivity index is 1.84. The number of esters is 1. The number of carbonyl (C=O) groups excluding carboxylic acids is 3. The van der Waals surface area contributed by atoms with E-state index in [0.29, 0.717) is 18.0 Å². The highest BCUT2D eigenvalue weighted by Gasteiger charge is 2.69. The van der Waals surface area contributed by atoms with Crippen LogP contribution in [0.2, 0.25) is 0 Å². The van der Waals surface area contributed by atoms with Gasteiger partial charge in [-0.05, 0) is 38.5 Å². The minimum Gasteiger partial charge on any atom is -0.497 e. The van der Waals surface area contributed by atoms with Crippen molar-refractivity contribution >= 4 is 17.8 Å². The van der Waals surface area contributed by atoms with Crippen LogP contribution >= 0.6 is 0 Å². The summed E-state index contributed by atoms with van der Waals surface area (Å²) in [6, 6.07) is 4.99. The third kappa shape index (κ3) is 3.15. The number of carbonyl (C=O) groups is 3. The smallest absolute Gasteiger partial charge is 0.312 e. The number of unbranched alkanes of at least 4 members (excludes halogenated alkanes) is 1. The number of fused-ring (bicyclic) bond motifs is 5. The summed E-state index contributed by atoms with van der Waals surface area (Å²) in [5.41, 5.74) is -0.560. The van der Waals surface area contributed by atoms with Gasteiger partial charge in [0.05, 0.1) is 38.8 Å². The Morgan fingerprint density at radius 3 is 2.74 bits per heavy atom. The molecule has 3 aliphatic heterocycles. The van der Waals surface area contributed by atoms with Crippen LogP contribution in [0.3, 0.4) is 0 Å². The largest absolute Gasteiger partial charge is 0.497 e. The molecule has 31 heavy (non-hydrogen) atoms. The minimum absolute atomic E-state index is 0.0212. The van der Waals surface area contributed by atoms with Crippen LogP contribution in [-0.4, -0.2) is 66.5 Å². The molecule has 4 rings (SSSR count). The number of benzene rings is 1. The van der Waals surface area contributed by atoms with Gasteiger partial charge >= 0.3 is 5.97 Å². The van der Waals surface area contributed by atoms with Crippen LogP contribution < -0.4 is 9.47 Å². The molecule has 0 radical (unpaired) electrons. The van der Waals surface area contributed by atoms with Gasteiger partial charge in [0.1, 0.15) is 17.0 Å². The van der Waals surface area contributed by atoms with Crippen LogP contribution in [-0.2, 0) is 19.1 Å². The summed E-state index contributed by atoms with van der Waals surface area (Å²) in [4.78, 5) is 43.6. The Labute approximate surface area is 182 Å². The first-order valence-electron chi connectivity index (χ1n) is 11.0. The molecule has 8 heteroatoms. The standard InChI is InChI=1S/C23H30N2O6/c1-5-7-10-24-12-18(26)25-20-15-11-14(29-4)8-9-17(15)31-13-16(20)19(21(27)30-6-2)23(25,3)22(24)28/h8-9,11,16,19-20H,5-7,10,12-13H2,1-4H3/t16-,19-,20+,23-/m1/s1. The Bertz CT molecular complexity index is 902. The second kappa shape index (κ2) is 8.05. The van der Waals surface area contributed by atoms with Crippen LogP contribution in [0.4, 0.5) is 0 Å². The predicted molar refractivity (Wildman–Crippen MR) is 112 cm³/mol. The van der Waals surface area contributed by atoms with Crippen molar-refractivity contribution in [3.05, 3.63) is 23.8 Å².